The quantitative estimate of drug-likeness (QED) is 0.760. The van der Waals surface area contributed by atoms with Gasteiger partial charge in [-0.2, -0.15) is 5.26 Å². The van der Waals surface area contributed by atoms with Crippen molar-refractivity contribution in [3.05, 3.63) is 41.8 Å². The van der Waals surface area contributed by atoms with Gasteiger partial charge in [-0.15, -0.1) is 0 Å². The van der Waals surface area contributed by atoms with Gasteiger partial charge in [0.15, 0.2) is 5.76 Å². The first-order valence-electron chi connectivity index (χ1n) is 4.72. The number of anilines is 2. The fraction of sp³-hybridized carbons (Fsp3) is 0.0909. The summed E-state index contributed by atoms with van der Waals surface area (Å²) in [5, 5.41) is 15.5. The lowest BCUT2D eigenvalue weighted by Gasteiger charge is -2.05. The van der Waals surface area contributed by atoms with Crippen LogP contribution in [-0.2, 0) is 6.54 Å². The third kappa shape index (κ3) is 2.12. The zero-order chi connectivity index (χ0) is 11.4. The first kappa shape index (κ1) is 10.1. The van der Waals surface area contributed by atoms with Gasteiger partial charge in [-0.05, 0) is 18.2 Å². The SMILES string of the molecule is N#Cc1cc(NCc2ccno2)ccc1N. The Morgan fingerprint density at radius 3 is 3.00 bits per heavy atom. The summed E-state index contributed by atoms with van der Waals surface area (Å²) in [6.45, 7) is 0.523. The smallest absolute Gasteiger partial charge is 0.155 e. The molecule has 0 unspecified atom stereocenters. The molecular formula is C11H10N4O. The van der Waals surface area contributed by atoms with E-state index in [-0.39, 0.29) is 0 Å². The van der Waals surface area contributed by atoms with E-state index in [1.165, 1.54) is 0 Å². The molecule has 1 aromatic carbocycles. The number of hydrogen-bond donors (Lipinski definition) is 2. The number of nitrogens with zero attached hydrogens (tertiary/aromatic N) is 2. The van der Waals surface area contributed by atoms with Crippen molar-refractivity contribution in [3.63, 3.8) is 0 Å². The maximum absolute atomic E-state index is 8.81. The van der Waals surface area contributed by atoms with Crippen LogP contribution in [0.5, 0.6) is 0 Å². The fourth-order valence-electron chi connectivity index (χ4n) is 1.29. The van der Waals surface area contributed by atoms with Crippen molar-refractivity contribution in [3.8, 4) is 6.07 Å². The Kier molecular flexibility index (Phi) is 2.74. The van der Waals surface area contributed by atoms with Crippen molar-refractivity contribution in [2.75, 3.05) is 11.1 Å². The molecule has 2 aromatic rings. The summed E-state index contributed by atoms with van der Waals surface area (Å²) in [6.07, 6.45) is 1.58. The average Bonchev–Trinajstić information content (AvgIpc) is 2.81. The Labute approximate surface area is 92.5 Å². The molecule has 0 aliphatic rings. The number of rotatable bonds is 3. The molecule has 2 rings (SSSR count). The summed E-state index contributed by atoms with van der Waals surface area (Å²) in [6, 6.07) is 9.01. The molecule has 0 atom stereocenters. The Bertz CT molecular complexity index is 513. The molecule has 16 heavy (non-hydrogen) atoms. The van der Waals surface area contributed by atoms with Crippen LogP contribution in [0.4, 0.5) is 11.4 Å². The Balaban J connectivity index is 2.08. The first-order valence-corrected chi connectivity index (χ1v) is 4.72. The van der Waals surface area contributed by atoms with Crippen molar-refractivity contribution in [2.24, 2.45) is 0 Å². The van der Waals surface area contributed by atoms with Gasteiger partial charge in [-0.1, -0.05) is 5.16 Å². The number of benzene rings is 1. The molecule has 1 heterocycles. The summed E-state index contributed by atoms with van der Waals surface area (Å²) in [5.41, 5.74) is 7.37. The molecule has 0 saturated carbocycles. The van der Waals surface area contributed by atoms with Gasteiger partial charge in [0.25, 0.3) is 0 Å². The van der Waals surface area contributed by atoms with Crippen molar-refractivity contribution in [2.45, 2.75) is 6.54 Å². The predicted octanol–water partition coefficient (Wildman–Crippen LogP) is 1.74. The van der Waals surface area contributed by atoms with E-state index in [4.69, 9.17) is 15.5 Å². The molecule has 5 heteroatoms. The number of nitrogen functional groups attached to an aromatic ring is 1. The van der Waals surface area contributed by atoms with Gasteiger partial charge in [-0.25, -0.2) is 0 Å². The van der Waals surface area contributed by atoms with Crippen LogP contribution in [-0.4, -0.2) is 5.16 Å². The lowest BCUT2D eigenvalue weighted by Crippen LogP contribution is -1.99. The number of hydrogen-bond acceptors (Lipinski definition) is 5. The molecule has 0 spiro atoms. The second-order valence-corrected chi connectivity index (χ2v) is 3.25. The van der Waals surface area contributed by atoms with Crippen molar-refractivity contribution in [1.29, 1.82) is 5.26 Å². The second-order valence-electron chi connectivity index (χ2n) is 3.25. The highest BCUT2D eigenvalue weighted by Crippen LogP contribution is 2.17. The van der Waals surface area contributed by atoms with E-state index >= 15 is 0 Å². The molecule has 0 saturated heterocycles. The van der Waals surface area contributed by atoms with Gasteiger partial charge in [0.05, 0.1) is 18.3 Å². The average molecular weight is 214 g/mol. The summed E-state index contributed by atoms with van der Waals surface area (Å²) in [4.78, 5) is 0. The topological polar surface area (TPSA) is 87.9 Å². The first-order chi connectivity index (χ1) is 7.79. The third-order valence-electron chi connectivity index (χ3n) is 2.13. The molecule has 80 valence electrons. The Morgan fingerprint density at radius 2 is 2.31 bits per heavy atom. The Hall–Kier alpha value is -2.48. The number of nitrogens with two attached hydrogens (primary N) is 1. The summed E-state index contributed by atoms with van der Waals surface area (Å²) in [7, 11) is 0. The highest BCUT2D eigenvalue weighted by atomic mass is 16.5. The zero-order valence-corrected chi connectivity index (χ0v) is 8.47. The van der Waals surface area contributed by atoms with Crippen molar-refractivity contribution in [1.82, 2.24) is 5.16 Å². The third-order valence-corrected chi connectivity index (χ3v) is 2.13. The molecule has 0 radical (unpaired) electrons. The van der Waals surface area contributed by atoms with Gasteiger partial charge >= 0.3 is 0 Å². The monoisotopic (exact) mass is 214 g/mol. The van der Waals surface area contributed by atoms with Crippen LogP contribution >= 0.6 is 0 Å². The van der Waals surface area contributed by atoms with Crippen LogP contribution in [0.1, 0.15) is 11.3 Å². The van der Waals surface area contributed by atoms with Crippen LogP contribution in [0.2, 0.25) is 0 Å². The second kappa shape index (κ2) is 4.36. The number of nitrogens with one attached hydrogen (secondary N) is 1. The minimum absolute atomic E-state index is 0.461. The standard InChI is InChI=1S/C11H10N4O/c12-6-8-5-9(1-2-11(8)13)14-7-10-3-4-15-16-10/h1-5,14H,7,13H2. The lowest BCUT2D eigenvalue weighted by atomic mass is 10.2. The van der Waals surface area contributed by atoms with Gasteiger partial charge in [-0.3, -0.25) is 0 Å². The van der Waals surface area contributed by atoms with E-state index in [0.717, 1.165) is 11.4 Å². The van der Waals surface area contributed by atoms with E-state index in [9.17, 15) is 0 Å². The zero-order valence-electron chi connectivity index (χ0n) is 8.47. The van der Waals surface area contributed by atoms with Gasteiger partial charge < -0.3 is 15.6 Å². The normalized spacial score (nSPS) is 9.69. The molecule has 5 nitrogen and oxygen atoms in total. The molecule has 0 aliphatic carbocycles. The molecule has 0 fully saturated rings. The highest BCUT2D eigenvalue weighted by molar-refractivity contribution is 5.61. The lowest BCUT2D eigenvalue weighted by molar-refractivity contribution is 0.388. The van der Waals surface area contributed by atoms with Crippen LogP contribution in [0.3, 0.4) is 0 Å². The maximum Gasteiger partial charge on any atom is 0.155 e. The molecule has 3 N–H and O–H groups in total. The van der Waals surface area contributed by atoms with Crippen molar-refractivity contribution < 1.29 is 4.52 Å². The highest BCUT2D eigenvalue weighted by Gasteiger charge is 2.01. The van der Waals surface area contributed by atoms with E-state index in [0.29, 0.717) is 17.8 Å². The fourth-order valence-corrected chi connectivity index (χ4v) is 1.29. The predicted molar refractivity (Wildman–Crippen MR) is 59.4 cm³/mol. The summed E-state index contributed by atoms with van der Waals surface area (Å²) < 4.78 is 4.93. The van der Waals surface area contributed by atoms with Crippen LogP contribution in [0.25, 0.3) is 0 Å². The minimum Gasteiger partial charge on any atom is -0.398 e. The van der Waals surface area contributed by atoms with E-state index < -0.39 is 0 Å². The van der Waals surface area contributed by atoms with Gasteiger partial charge in [0.2, 0.25) is 0 Å². The van der Waals surface area contributed by atoms with Crippen LogP contribution in [0, 0.1) is 11.3 Å². The molecule has 0 bridgehead atoms. The molecular weight excluding hydrogens is 204 g/mol. The summed E-state index contributed by atoms with van der Waals surface area (Å²) >= 11 is 0. The van der Waals surface area contributed by atoms with E-state index in [1.807, 2.05) is 12.1 Å². The van der Waals surface area contributed by atoms with Crippen LogP contribution < -0.4 is 11.1 Å². The number of aromatic nitrogens is 1. The minimum atomic E-state index is 0.461. The largest absolute Gasteiger partial charge is 0.398 e. The maximum atomic E-state index is 8.81. The van der Waals surface area contributed by atoms with Crippen molar-refractivity contribution >= 4 is 11.4 Å². The Morgan fingerprint density at radius 1 is 1.44 bits per heavy atom. The molecule has 1 aromatic heterocycles. The molecule has 0 aliphatic heterocycles. The van der Waals surface area contributed by atoms with Crippen LogP contribution in [0.15, 0.2) is 35.0 Å². The molecule has 0 amide bonds. The summed E-state index contributed by atoms with van der Waals surface area (Å²) in [5.74, 6) is 0.732. The van der Waals surface area contributed by atoms with Gasteiger partial charge in [0.1, 0.15) is 6.07 Å². The van der Waals surface area contributed by atoms with E-state index in [2.05, 4.69) is 10.5 Å². The van der Waals surface area contributed by atoms with Gasteiger partial charge in [0, 0.05) is 17.4 Å². The van der Waals surface area contributed by atoms with E-state index in [1.54, 1.807) is 24.4 Å². The number of nitriles is 1.